The molecule has 1 aromatic rings. The number of ether oxygens (including phenoxy) is 1. The van der Waals surface area contributed by atoms with Crippen LogP contribution < -0.4 is 5.56 Å². The molecule has 5 nitrogen and oxygen atoms in total. The van der Waals surface area contributed by atoms with Gasteiger partial charge in [-0.2, -0.15) is 0 Å². The van der Waals surface area contributed by atoms with Crippen molar-refractivity contribution in [2.24, 2.45) is 0 Å². The number of carbonyl (C=O) groups is 1. The van der Waals surface area contributed by atoms with Gasteiger partial charge in [0.25, 0.3) is 5.56 Å². The average molecular weight is 268 g/mol. The van der Waals surface area contributed by atoms with Gasteiger partial charge in [-0.25, -0.2) is 9.18 Å². The molecule has 1 aliphatic heterocycles. The first kappa shape index (κ1) is 13.6. The molecule has 19 heavy (non-hydrogen) atoms. The number of aromatic amines is 1. The first-order valence-electron chi connectivity index (χ1n) is 6.15. The Kier molecular flexibility index (Phi) is 3.34. The summed E-state index contributed by atoms with van der Waals surface area (Å²) in [6.45, 7) is 6.06. The van der Waals surface area contributed by atoms with Crippen LogP contribution in [-0.4, -0.2) is 28.1 Å². The van der Waals surface area contributed by atoms with Gasteiger partial charge in [0, 0.05) is 12.2 Å². The van der Waals surface area contributed by atoms with Gasteiger partial charge in [0.2, 0.25) is 0 Å². The molecule has 1 aromatic heterocycles. The van der Waals surface area contributed by atoms with Gasteiger partial charge in [0.1, 0.15) is 5.60 Å². The van der Waals surface area contributed by atoms with Crippen LogP contribution in [0.15, 0.2) is 10.9 Å². The maximum absolute atomic E-state index is 13.1. The molecule has 0 bridgehead atoms. The Morgan fingerprint density at radius 3 is 2.79 bits per heavy atom. The zero-order valence-corrected chi connectivity index (χ0v) is 11.2. The molecule has 0 atom stereocenters. The van der Waals surface area contributed by atoms with Crippen molar-refractivity contribution in [3.8, 4) is 0 Å². The number of hydrogen-bond acceptors (Lipinski definition) is 3. The number of rotatable bonds is 0. The third-order valence-electron chi connectivity index (χ3n) is 2.82. The summed E-state index contributed by atoms with van der Waals surface area (Å²) in [4.78, 5) is 27.1. The van der Waals surface area contributed by atoms with Crippen molar-refractivity contribution < 1.29 is 13.9 Å². The topological polar surface area (TPSA) is 62.4 Å². The van der Waals surface area contributed by atoms with Crippen molar-refractivity contribution in [3.05, 3.63) is 33.5 Å². The number of fused-ring (bicyclic) bond motifs is 1. The summed E-state index contributed by atoms with van der Waals surface area (Å²) in [5, 5.41) is 0. The molecule has 104 valence electrons. The number of carbonyl (C=O) groups excluding carboxylic acids is 1. The van der Waals surface area contributed by atoms with Gasteiger partial charge in [-0.15, -0.1) is 0 Å². The summed E-state index contributed by atoms with van der Waals surface area (Å²) < 4.78 is 18.4. The second-order valence-corrected chi connectivity index (χ2v) is 5.60. The van der Waals surface area contributed by atoms with Gasteiger partial charge >= 0.3 is 6.09 Å². The lowest BCUT2D eigenvalue weighted by Gasteiger charge is -2.30. The van der Waals surface area contributed by atoms with Crippen molar-refractivity contribution in [2.45, 2.75) is 39.3 Å². The SMILES string of the molecule is CC(C)(C)OC(=O)N1CCc2cc(F)c(=O)[nH]c2C1. The van der Waals surface area contributed by atoms with E-state index in [9.17, 15) is 14.0 Å². The van der Waals surface area contributed by atoms with E-state index in [4.69, 9.17) is 4.74 Å². The minimum Gasteiger partial charge on any atom is -0.444 e. The highest BCUT2D eigenvalue weighted by Crippen LogP contribution is 2.18. The first-order valence-corrected chi connectivity index (χ1v) is 6.15. The van der Waals surface area contributed by atoms with Crippen LogP contribution in [0.1, 0.15) is 32.0 Å². The van der Waals surface area contributed by atoms with E-state index in [0.717, 1.165) is 5.56 Å². The Morgan fingerprint density at radius 2 is 2.16 bits per heavy atom. The fraction of sp³-hybridized carbons (Fsp3) is 0.538. The molecular formula is C13H17FN2O3. The molecule has 0 unspecified atom stereocenters. The van der Waals surface area contributed by atoms with Crippen LogP contribution in [0.5, 0.6) is 0 Å². The third-order valence-corrected chi connectivity index (χ3v) is 2.82. The predicted molar refractivity (Wildman–Crippen MR) is 67.4 cm³/mol. The molecule has 6 heteroatoms. The number of nitrogens with one attached hydrogen (secondary N) is 1. The van der Waals surface area contributed by atoms with E-state index in [0.29, 0.717) is 18.7 Å². The Hall–Kier alpha value is -1.85. The van der Waals surface area contributed by atoms with E-state index < -0.39 is 23.1 Å². The van der Waals surface area contributed by atoms with Crippen molar-refractivity contribution in [1.29, 1.82) is 0 Å². The van der Waals surface area contributed by atoms with E-state index in [1.807, 2.05) is 0 Å². The molecular weight excluding hydrogens is 251 g/mol. The average Bonchev–Trinajstić information content (AvgIpc) is 2.27. The number of amides is 1. The summed E-state index contributed by atoms with van der Waals surface area (Å²) >= 11 is 0. The van der Waals surface area contributed by atoms with Crippen LogP contribution in [0, 0.1) is 5.82 Å². The van der Waals surface area contributed by atoms with Crippen LogP contribution in [0.3, 0.4) is 0 Å². The fourth-order valence-corrected chi connectivity index (χ4v) is 1.95. The van der Waals surface area contributed by atoms with Gasteiger partial charge in [0.05, 0.1) is 6.54 Å². The van der Waals surface area contributed by atoms with Crippen molar-refractivity contribution >= 4 is 6.09 Å². The molecule has 0 aliphatic carbocycles. The quantitative estimate of drug-likeness (QED) is 0.780. The Balaban J connectivity index is 2.16. The molecule has 0 fully saturated rings. The lowest BCUT2D eigenvalue weighted by Crippen LogP contribution is -2.41. The number of nitrogens with zero attached hydrogens (tertiary/aromatic N) is 1. The van der Waals surface area contributed by atoms with Crippen molar-refractivity contribution in [3.63, 3.8) is 0 Å². The first-order chi connectivity index (χ1) is 8.76. The van der Waals surface area contributed by atoms with Crippen LogP contribution in [0.4, 0.5) is 9.18 Å². The highest BCUT2D eigenvalue weighted by atomic mass is 19.1. The summed E-state index contributed by atoms with van der Waals surface area (Å²) in [5.74, 6) is -0.788. The monoisotopic (exact) mass is 268 g/mol. The van der Waals surface area contributed by atoms with Crippen LogP contribution in [0.25, 0.3) is 0 Å². The lowest BCUT2D eigenvalue weighted by molar-refractivity contribution is 0.0220. The normalized spacial score (nSPS) is 15.1. The summed E-state index contributed by atoms with van der Waals surface area (Å²) in [5.41, 5.74) is -0.0155. The predicted octanol–water partition coefficient (Wildman–Crippen LogP) is 1.81. The Morgan fingerprint density at radius 1 is 1.47 bits per heavy atom. The summed E-state index contributed by atoms with van der Waals surface area (Å²) in [6, 6.07) is 1.24. The zero-order valence-electron chi connectivity index (χ0n) is 11.2. The van der Waals surface area contributed by atoms with E-state index in [2.05, 4.69) is 4.98 Å². The van der Waals surface area contributed by atoms with Gasteiger partial charge < -0.3 is 14.6 Å². The molecule has 1 amide bonds. The molecule has 1 aliphatic rings. The van der Waals surface area contributed by atoms with Gasteiger partial charge in [-0.05, 0) is 38.8 Å². The Bertz CT molecular complexity index is 560. The van der Waals surface area contributed by atoms with E-state index in [1.165, 1.54) is 11.0 Å². The van der Waals surface area contributed by atoms with E-state index >= 15 is 0 Å². The maximum atomic E-state index is 13.1. The molecule has 0 saturated heterocycles. The largest absolute Gasteiger partial charge is 0.444 e. The second-order valence-electron chi connectivity index (χ2n) is 5.60. The molecule has 1 N–H and O–H groups in total. The summed E-state index contributed by atoms with van der Waals surface area (Å²) in [7, 11) is 0. The van der Waals surface area contributed by atoms with Gasteiger partial charge in [0.15, 0.2) is 5.82 Å². The summed E-state index contributed by atoms with van der Waals surface area (Å²) in [6.07, 6.45) is 0.0748. The maximum Gasteiger partial charge on any atom is 0.410 e. The molecule has 0 spiro atoms. The molecule has 2 heterocycles. The Labute approximate surface area is 110 Å². The number of aromatic nitrogens is 1. The number of H-pyrrole nitrogens is 1. The van der Waals surface area contributed by atoms with E-state index in [-0.39, 0.29) is 6.54 Å². The highest BCUT2D eigenvalue weighted by molar-refractivity contribution is 5.68. The number of hydrogen-bond donors (Lipinski definition) is 1. The van der Waals surface area contributed by atoms with E-state index in [1.54, 1.807) is 20.8 Å². The molecule has 0 saturated carbocycles. The highest BCUT2D eigenvalue weighted by Gasteiger charge is 2.26. The molecule has 2 rings (SSSR count). The molecule has 0 aromatic carbocycles. The zero-order chi connectivity index (χ0) is 14.2. The van der Waals surface area contributed by atoms with Crippen LogP contribution >= 0.6 is 0 Å². The minimum absolute atomic E-state index is 0.236. The standard InChI is InChI=1S/C13H17FN2O3/c1-13(2,3)19-12(18)16-5-4-8-6-9(14)11(17)15-10(8)7-16/h6H,4-5,7H2,1-3H3,(H,15,17). The smallest absolute Gasteiger partial charge is 0.410 e. The lowest BCUT2D eigenvalue weighted by atomic mass is 10.1. The second kappa shape index (κ2) is 4.68. The fourth-order valence-electron chi connectivity index (χ4n) is 1.95. The molecule has 0 radical (unpaired) electrons. The van der Waals surface area contributed by atoms with Crippen LogP contribution in [-0.2, 0) is 17.7 Å². The van der Waals surface area contributed by atoms with Crippen molar-refractivity contribution in [1.82, 2.24) is 9.88 Å². The third kappa shape index (κ3) is 3.13. The van der Waals surface area contributed by atoms with Crippen LogP contribution in [0.2, 0.25) is 0 Å². The minimum atomic E-state index is -0.788. The number of halogens is 1. The van der Waals surface area contributed by atoms with Gasteiger partial charge in [-0.1, -0.05) is 0 Å². The number of pyridine rings is 1. The van der Waals surface area contributed by atoms with Crippen molar-refractivity contribution in [2.75, 3.05) is 6.54 Å². The van der Waals surface area contributed by atoms with Gasteiger partial charge in [-0.3, -0.25) is 4.79 Å².